The summed E-state index contributed by atoms with van der Waals surface area (Å²) in [6.45, 7) is 0.398. The second-order valence-corrected chi connectivity index (χ2v) is 6.36. The molecule has 132 valence electrons. The molecule has 0 radical (unpaired) electrons. The van der Waals surface area contributed by atoms with Crippen LogP contribution in [0.3, 0.4) is 0 Å². The van der Waals surface area contributed by atoms with Gasteiger partial charge in [-0.05, 0) is 24.3 Å². The van der Waals surface area contributed by atoms with Crippen molar-refractivity contribution < 1.29 is 18.7 Å². The van der Waals surface area contributed by atoms with Crippen LogP contribution in [0.2, 0.25) is 0 Å². The molecule has 2 amide bonds. The Kier molecular flexibility index (Phi) is 5.17. The predicted molar refractivity (Wildman–Crippen MR) is 87.6 cm³/mol. The molecular weight excluding hydrogens is 349 g/mol. The molecule has 10 heteroatoms. The number of hydrogen-bond donors (Lipinski definition) is 1. The first-order valence-electron chi connectivity index (χ1n) is 7.58. The second kappa shape index (κ2) is 7.51. The number of halogens is 1. The fourth-order valence-corrected chi connectivity index (χ4v) is 3.08. The topological polar surface area (TPSA) is 103 Å². The van der Waals surface area contributed by atoms with Gasteiger partial charge in [-0.15, -0.1) is 10.2 Å². The van der Waals surface area contributed by atoms with Crippen molar-refractivity contribution in [1.82, 2.24) is 19.8 Å². The molecule has 0 unspecified atom stereocenters. The summed E-state index contributed by atoms with van der Waals surface area (Å²) >= 11 is 1.30. The van der Waals surface area contributed by atoms with Gasteiger partial charge in [0.05, 0.1) is 0 Å². The van der Waals surface area contributed by atoms with Gasteiger partial charge >= 0.3 is 0 Å². The van der Waals surface area contributed by atoms with E-state index in [1.165, 1.54) is 45.6 Å². The Balaban J connectivity index is 1.51. The molecule has 25 heavy (non-hydrogen) atoms. The number of carbonyl (C=O) groups is 2. The average Bonchev–Trinajstić information content (AvgIpc) is 3.11. The van der Waals surface area contributed by atoms with Crippen LogP contribution in [0.1, 0.15) is 18.7 Å². The number of benzene rings is 1. The number of aromatic nitrogens is 3. The minimum Gasteiger partial charge on any atom is -0.486 e. The summed E-state index contributed by atoms with van der Waals surface area (Å²) in [4.78, 5) is 24.3. The largest absolute Gasteiger partial charge is 0.486 e. The summed E-state index contributed by atoms with van der Waals surface area (Å²) in [6, 6.07) is 5.61. The molecule has 1 aliphatic rings. The predicted octanol–water partition coefficient (Wildman–Crippen LogP) is 0.951. The van der Waals surface area contributed by atoms with E-state index in [4.69, 9.17) is 10.6 Å². The summed E-state index contributed by atoms with van der Waals surface area (Å²) in [7, 11) is 0. The van der Waals surface area contributed by atoms with Crippen molar-refractivity contribution in [2.24, 2.45) is 0 Å². The summed E-state index contributed by atoms with van der Waals surface area (Å²) in [6.07, 6.45) is 0.558. The Bertz CT molecular complexity index is 764. The molecule has 1 aliphatic heterocycles. The van der Waals surface area contributed by atoms with Crippen molar-refractivity contribution in [2.45, 2.75) is 24.6 Å². The van der Waals surface area contributed by atoms with E-state index in [1.54, 1.807) is 0 Å². The first kappa shape index (κ1) is 17.2. The number of rotatable bonds is 7. The molecule has 0 aliphatic carbocycles. The molecule has 3 rings (SSSR count). The van der Waals surface area contributed by atoms with Crippen LogP contribution in [0.5, 0.6) is 5.75 Å². The lowest BCUT2D eigenvalue weighted by Crippen LogP contribution is -2.31. The van der Waals surface area contributed by atoms with Gasteiger partial charge in [0.25, 0.3) is 0 Å². The van der Waals surface area contributed by atoms with E-state index in [0.29, 0.717) is 29.0 Å². The lowest BCUT2D eigenvalue weighted by atomic mass is 10.3. The third kappa shape index (κ3) is 4.08. The van der Waals surface area contributed by atoms with Crippen LogP contribution in [0.4, 0.5) is 4.39 Å². The number of thioether (sulfide) groups is 1. The van der Waals surface area contributed by atoms with Crippen molar-refractivity contribution in [1.29, 1.82) is 0 Å². The average molecular weight is 365 g/mol. The molecule has 1 fully saturated rings. The third-order valence-electron chi connectivity index (χ3n) is 3.62. The van der Waals surface area contributed by atoms with Gasteiger partial charge in [0.15, 0.2) is 5.82 Å². The molecule has 0 bridgehead atoms. The highest BCUT2D eigenvalue weighted by atomic mass is 32.2. The van der Waals surface area contributed by atoms with E-state index in [1.807, 2.05) is 0 Å². The summed E-state index contributed by atoms with van der Waals surface area (Å²) in [5.74, 6) is 6.66. The Morgan fingerprint density at radius 1 is 1.16 bits per heavy atom. The Labute approximate surface area is 147 Å². The van der Waals surface area contributed by atoms with Gasteiger partial charge in [-0.2, -0.15) is 0 Å². The highest BCUT2D eigenvalue weighted by Gasteiger charge is 2.28. The quantitative estimate of drug-likeness (QED) is 0.443. The van der Waals surface area contributed by atoms with Gasteiger partial charge in [-0.25, -0.2) is 9.07 Å². The van der Waals surface area contributed by atoms with Crippen LogP contribution >= 0.6 is 11.8 Å². The Morgan fingerprint density at radius 2 is 1.84 bits per heavy atom. The lowest BCUT2D eigenvalue weighted by Gasteiger charge is -2.12. The molecule has 8 nitrogen and oxygen atoms in total. The van der Waals surface area contributed by atoms with Crippen molar-refractivity contribution in [3.63, 3.8) is 0 Å². The van der Waals surface area contributed by atoms with E-state index < -0.39 is 0 Å². The van der Waals surface area contributed by atoms with Crippen LogP contribution in [-0.2, 0) is 16.2 Å². The molecule has 1 saturated heterocycles. The molecule has 2 aromatic rings. The van der Waals surface area contributed by atoms with Gasteiger partial charge < -0.3 is 10.6 Å². The molecular formula is C15H16FN5O3S. The molecule has 0 spiro atoms. The summed E-state index contributed by atoms with van der Waals surface area (Å²) < 4.78 is 19.6. The van der Waals surface area contributed by atoms with E-state index in [2.05, 4.69) is 10.2 Å². The maximum Gasteiger partial charge on any atom is 0.229 e. The lowest BCUT2D eigenvalue weighted by molar-refractivity contribution is -0.137. The van der Waals surface area contributed by atoms with E-state index >= 15 is 0 Å². The number of imide groups is 1. The number of nitrogens with zero attached hydrogens (tertiary/aromatic N) is 4. The van der Waals surface area contributed by atoms with Gasteiger partial charge in [0, 0.05) is 25.1 Å². The summed E-state index contributed by atoms with van der Waals surface area (Å²) in [5, 5.41) is 8.37. The number of ether oxygens (including phenoxy) is 1. The minimum absolute atomic E-state index is 0.0821. The number of nitrogen functional groups attached to an aromatic ring is 1. The summed E-state index contributed by atoms with van der Waals surface area (Å²) in [5.41, 5.74) is 0. The van der Waals surface area contributed by atoms with Crippen molar-refractivity contribution in [2.75, 3.05) is 18.1 Å². The van der Waals surface area contributed by atoms with Crippen LogP contribution in [0, 0.1) is 5.82 Å². The molecule has 0 saturated carbocycles. The van der Waals surface area contributed by atoms with Gasteiger partial charge in [0.2, 0.25) is 17.0 Å². The standard InChI is InChI=1S/C15H16FN5O3S/c16-10-1-3-11(4-2-10)24-9-12-18-19-15(21(12)17)25-8-7-20-13(22)5-6-14(20)23/h1-4H,5-9,17H2. The zero-order valence-electron chi connectivity index (χ0n) is 13.2. The highest BCUT2D eigenvalue weighted by Crippen LogP contribution is 2.18. The van der Waals surface area contributed by atoms with E-state index in [0.717, 1.165) is 0 Å². The number of likely N-dealkylation sites (tertiary alicyclic amines) is 1. The first-order valence-corrected chi connectivity index (χ1v) is 8.57. The SMILES string of the molecule is Nn1c(COc2ccc(F)cc2)nnc1SCCN1C(=O)CCC1=O. The maximum atomic E-state index is 12.8. The minimum atomic E-state index is -0.344. The zero-order valence-corrected chi connectivity index (χ0v) is 14.0. The number of carbonyl (C=O) groups excluding carboxylic acids is 2. The van der Waals surface area contributed by atoms with Crippen LogP contribution < -0.4 is 10.6 Å². The normalized spacial score (nSPS) is 14.4. The van der Waals surface area contributed by atoms with Gasteiger partial charge in [-0.1, -0.05) is 11.8 Å². The molecule has 2 N–H and O–H groups in total. The smallest absolute Gasteiger partial charge is 0.229 e. The van der Waals surface area contributed by atoms with E-state index in [-0.39, 0.29) is 37.1 Å². The number of amides is 2. The van der Waals surface area contributed by atoms with Crippen LogP contribution in [-0.4, -0.2) is 43.9 Å². The van der Waals surface area contributed by atoms with E-state index in [9.17, 15) is 14.0 Å². The maximum absolute atomic E-state index is 12.8. The van der Waals surface area contributed by atoms with Crippen molar-refractivity contribution in [3.05, 3.63) is 35.9 Å². The van der Waals surface area contributed by atoms with Crippen molar-refractivity contribution in [3.8, 4) is 5.75 Å². The first-order chi connectivity index (χ1) is 12.0. The monoisotopic (exact) mass is 365 g/mol. The van der Waals surface area contributed by atoms with Gasteiger partial charge in [-0.3, -0.25) is 14.5 Å². The zero-order chi connectivity index (χ0) is 17.8. The second-order valence-electron chi connectivity index (χ2n) is 5.30. The molecule has 2 heterocycles. The fraction of sp³-hybridized carbons (Fsp3) is 0.333. The Morgan fingerprint density at radius 3 is 2.52 bits per heavy atom. The highest BCUT2D eigenvalue weighted by molar-refractivity contribution is 7.99. The van der Waals surface area contributed by atoms with Crippen LogP contribution in [0.15, 0.2) is 29.4 Å². The molecule has 0 atom stereocenters. The van der Waals surface area contributed by atoms with Crippen molar-refractivity contribution >= 4 is 23.6 Å². The fourth-order valence-electron chi connectivity index (χ4n) is 2.28. The number of nitrogens with two attached hydrogens (primary N) is 1. The van der Waals surface area contributed by atoms with Gasteiger partial charge in [0.1, 0.15) is 18.2 Å². The Hall–Kier alpha value is -2.62. The third-order valence-corrected chi connectivity index (χ3v) is 4.54. The number of hydrogen-bond acceptors (Lipinski definition) is 7. The molecule has 1 aromatic heterocycles. The van der Waals surface area contributed by atoms with Crippen LogP contribution in [0.25, 0.3) is 0 Å². The molecule has 1 aromatic carbocycles.